The fourth-order valence-corrected chi connectivity index (χ4v) is 3.17. The van der Waals surface area contributed by atoms with E-state index in [0.717, 1.165) is 10.1 Å². The largest absolute Gasteiger partial charge is 0.337 e. The van der Waals surface area contributed by atoms with Gasteiger partial charge in [-0.3, -0.25) is 14.2 Å². The van der Waals surface area contributed by atoms with Gasteiger partial charge in [0.25, 0.3) is 5.56 Å². The maximum absolute atomic E-state index is 12.8. The van der Waals surface area contributed by atoms with Gasteiger partial charge in [0.1, 0.15) is 6.54 Å². The van der Waals surface area contributed by atoms with Gasteiger partial charge >= 0.3 is 5.69 Å². The molecule has 0 spiro atoms. The van der Waals surface area contributed by atoms with Crippen molar-refractivity contribution in [3.63, 3.8) is 0 Å². The highest BCUT2D eigenvalue weighted by atomic mass is 35.5. The first-order valence-corrected chi connectivity index (χ1v) is 8.85. The maximum Gasteiger partial charge on any atom is 0.332 e. The molecule has 27 heavy (non-hydrogen) atoms. The molecule has 0 bridgehead atoms. The van der Waals surface area contributed by atoms with Gasteiger partial charge in [0.05, 0.1) is 6.33 Å². The summed E-state index contributed by atoms with van der Waals surface area (Å²) in [6.07, 6.45) is 1.47. The van der Waals surface area contributed by atoms with Gasteiger partial charge in [-0.05, 0) is 18.6 Å². The van der Waals surface area contributed by atoms with Crippen LogP contribution in [0, 0.1) is 0 Å². The summed E-state index contributed by atoms with van der Waals surface area (Å²) in [5.41, 5.74) is 0.263. The second kappa shape index (κ2) is 7.40. The zero-order valence-electron chi connectivity index (χ0n) is 15.3. The first kappa shape index (κ1) is 18.9. The van der Waals surface area contributed by atoms with Crippen LogP contribution in [0.2, 0.25) is 5.02 Å². The van der Waals surface area contributed by atoms with Gasteiger partial charge in [0.15, 0.2) is 11.2 Å². The molecule has 0 aliphatic rings. The van der Waals surface area contributed by atoms with Crippen LogP contribution in [0.25, 0.3) is 11.2 Å². The van der Waals surface area contributed by atoms with Gasteiger partial charge in [-0.1, -0.05) is 29.8 Å². The number of halogens is 1. The number of amides is 1. The Morgan fingerprint density at radius 2 is 1.93 bits per heavy atom. The number of rotatable bonds is 5. The summed E-state index contributed by atoms with van der Waals surface area (Å²) in [5, 5.41) is 0.563. The van der Waals surface area contributed by atoms with Crippen LogP contribution in [0.4, 0.5) is 0 Å². The van der Waals surface area contributed by atoms with Gasteiger partial charge in [-0.15, -0.1) is 0 Å². The van der Waals surface area contributed by atoms with Gasteiger partial charge in [-0.25, -0.2) is 14.3 Å². The molecule has 0 unspecified atom stereocenters. The van der Waals surface area contributed by atoms with Crippen molar-refractivity contribution in [1.29, 1.82) is 0 Å². The predicted octanol–water partition coefficient (Wildman–Crippen LogP) is 1.14. The number of likely N-dealkylation sites (N-methyl/N-ethyl adjacent to an activating group) is 1. The molecule has 0 aliphatic carbocycles. The molecule has 0 radical (unpaired) electrons. The van der Waals surface area contributed by atoms with Crippen LogP contribution in [0.1, 0.15) is 12.5 Å². The molecular formula is C18H20ClN5O3. The van der Waals surface area contributed by atoms with Crippen molar-refractivity contribution < 1.29 is 4.79 Å². The van der Waals surface area contributed by atoms with Crippen LogP contribution in [0.3, 0.4) is 0 Å². The molecule has 0 saturated heterocycles. The number of aryl methyl sites for hydroxylation is 2. The molecule has 9 heteroatoms. The van der Waals surface area contributed by atoms with E-state index in [0.29, 0.717) is 23.8 Å². The van der Waals surface area contributed by atoms with Crippen molar-refractivity contribution in [1.82, 2.24) is 23.6 Å². The van der Waals surface area contributed by atoms with E-state index in [9.17, 15) is 14.4 Å². The van der Waals surface area contributed by atoms with E-state index >= 15 is 0 Å². The lowest BCUT2D eigenvalue weighted by molar-refractivity contribution is -0.132. The predicted molar refractivity (Wildman–Crippen MR) is 103 cm³/mol. The zero-order chi connectivity index (χ0) is 19.7. The Morgan fingerprint density at radius 1 is 1.22 bits per heavy atom. The SMILES string of the molecule is CCN(Cc1ccccc1Cl)C(=O)Cn1c(=O)c2c(ncn2C)n(C)c1=O. The van der Waals surface area contributed by atoms with Crippen LogP contribution in [-0.4, -0.2) is 36.0 Å². The quantitative estimate of drug-likeness (QED) is 0.655. The summed E-state index contributed by atoms with van der Waals surface area (Å²) in [5.74, 6) is -0.335. The minimum atomic E-state index is -0.576. The summed E-state index contributed by atoms with van der Waals surface area (Å²) >= 11 is 6.18. The average Bonchev–Trinajstić information content (AvgIpc) is 3.04. The summed E-state index contributed by atoms with van der Waals surface area (Å²) in [7, 11) is 3.20. The Morgan fingerprint density at radius 3 is 2.59 bits per heavy atom. The molecule has 0 saturated carbocycles. The molecule has 0 atom stereocenters. The zero-order valence-corrected chi connectivity index (χ0v) is 16.1. The fraction of sp³-hybridized carbons (Fsp3) is 0.333. The highest BCUT2D eigenvalue weighted by molar-refractivity contribution is 6.31. The number of imidazole rings is 1. The van der Waals surface area contributed by atoms with Gasteiger partial charge in [0.2, 0.25) is 5.91 Å². The van der Waals surface area contributed by atoms with E-state index in [1.807, 2.05) is 25.1 Å². The number of benzene rings is 1. The van der Waals surface area contributed by atoms with Crippen LogP contribution < -0.4 is 11.2 Å². The molecule has 1 amide bonds. The topological polar surface area (TPSA) is 82.1 Å². The normalized spacial score (nSPS) is 11.1. The van der Waals surface area contributed by atoms with Crippen LogP contribution in [0.5, 0.6) is 0 Å². The lowest BCUT2D eigenvalue weighted by atomic mass is 10.2. The molecule has 0 N–H and O–H groups in total. The summed E-state index contributed by atoms with van der Waals surface area (Å²) in [6, 6.07) is 7.25. The van der Waals surface area contributed by atoms with Gasteiger partial charge < -0.3 is 9.47 Å². The number of hydrogen-bond acceptors (Lipinski definition) is 4. The molecule has 3 rings (SSSR count). The molecule has 3 aromatic rings. The Balaban J connectivity index is 1.95. The Labute approximate surface area is 160 Å². The van der Waals surface area contributed by atoms with Crippen molar-refractivity contribution in [3.05, 3.63) is 62.0 Å². The number of carbonyl (C=O) groups excluding carboxylic acids is 1. The minimum Gasteiger partial charge on any atom is -0.337 e. The molecule has 2 aromatic heterocycles. The van der Waals surface area contributed by atoms with E-state index in [2.05, 4.69) is 4.98 Å². The summed E-state index contributed by atoms with van der Waals surface area (Å²) in [4.78, 5) is 43.7. The first-order valence-electron chi connectivity index (χ1n) is 8.47. The smallest absolute Gasteiger partial charge is 0.332 e. The van der Waals surface area contributed by atoms with Crippen LogP contribution in [-0.2, 0) is 32.0 Å². The van der Waals surface area contributed by atoms with E-state index in [1.165, 1.54) is 17.9 Å². The number of hydrogen-bond donors (Lipinski definition) is 0. The summed E-state index contributed by atoms with van der Waals surface area (Å²) < 4.78 is 3.76. The Hall–Kier alpha value is -2.87. The number of carbonyl (C=O) groups is 1. The molecule has 1 aromatic carbocycles. The summed E-state index contributed by atoms with van der Waals surface area (Å²) in [6.45, 7) is 2.22. The number of nitrogens with zero attached hydrogens (tertiary/aromatic N) is 5. The average molecular weight is 390 g/mol. The molecule has 0 fully saturated rings. The van der Waals surface area contributed by atoms with Gasteiger partial charge in [-0.2, -0.15) is 0 Å². The molecule has 2 heterocycles. The molecule has 142 valence electrons. The van der Waals surface area contributed by atoms with Crippen LogP contribution >= 0.6 is 11.6 Å². The van der Waals surface area contributed by atoms with Crippen LogP contribution in [0.15, 0.2) is 40.2 Å². The second-order valence-corrected chi connectivity index (χ2v) is 6.67. The fourth-order valence-electron chi connectivity index (χ4n) is 2.98. The number of aromatic nitrogens is 4. The van der Waals surface area contributed by atoms with E-state index < -0.39 is 11.2 Å². The van der Waals surface area contributed by atoms with E-state index in [1.54, 1.807) is 22.6 Å². The van der Waals surface area contributed by atoms with Crippen molar-refractivity contribution >= 4 is 28.7 Å². The molecule has 0 aliphatic heterocycles. The van der Waals surface area contributed by atoms with Gasteiger partial charge in [0, 0.05) is 32.2 Å². The Bertz CT molecular complexity index is 1130. The van der Waals surface area contributed by atoms with Crippen molar-refractivity contribution in [3.8, 4) is 0 Å². The maximum atomic E-state index is 12.8. The standard InChI is InChI=1S/C18H20ClN5O3/c1-4-23(9-12-7-5-6-8-13(12)19)14(25)10-24-17(26)15-16(20-11-21(15)2)22(3)18(24)27/h5-8,11H,4,9-10H2,1-3H3. The third-order valence-corrected chi connectivity index (χ3v) is 4.92. The second-order valence-electron chi connectivity index (χ2n) is 6.26. The lowest BCUT2D eigenvalue weighted by Gasteiger charge is -2.22. The van der Waals surface area contributed by atoms with Crippen molar-refractivity contribution in [2.75, 3.05) is 6.54 Å². The highest BCUT2D eigenvalue weighted by Crippen LogP contribution is 2.17. The third-order valence-electron chi connectivity index (χ3n) is 4.55. The lowest BCUT2D eigenvalue weighted by Crippen LogP contribution is -2.44. The van der Waals surface area contributed by atoms with E-state index in [-0.39, 0.29) is 18.0 Å². The van der Waals surface area contributed by atoms with Crippen molar-refractivity contribution in [2.45, 2.75) is 20.0 Å². The third kappa shape index (κ3) is 3.40. The monoisotopic (exact) mass is 389 g/mol. The molecular weight excluding hydrogens is 370 g/mol. The first-order chi connectivity index (χ1) is 12.8. The Kier molecular flexibility index (Phi) is 5.18. The number of fused-ring (bicyclic) bond motifs is 1. The van der Waals surface area contributed by atoms with Crippen molar-refractivity contribution in [2.24, 2.45) is 14.1 Å². The highest BCUT2D eigenvalue weighted by Gasteiger charge is 2.20. The minimum absolute atomic E-state index is 0.277. The molecule has 8 nitrogen and oxygen atoms in total. The van der Waals surface area contributed by atoms with E-state index in [4.69, 9.17) is 11.6 Å².